The van der Waals surface area contributed by atoms with Crippen LogP contribution in [0.15, 0.2) is 0 Å². The Morgan fingerprint density at radius 1 is 1.46 bits per heavy atom. The van der Waals surface area contributed by atoms with E-state index in [4.69, 9.17) is 0 Å². The number of nitrogens with one attached hydrogen (secondary N) is 2. The fourth-order valence-corrected chi connectivity index (χ4v) is 1.05. The van der Waals surface area contributed by atoms with Crippen LogP contribution in [-0.4, -0.2) is 31.2 Å². The number of amides is 1. The molecule has 1 rings (SSSR count). The van der Waals surface area contributed by atoms with Gasteiger partial charge in [0.05, 0.1) is 0 Å². The summed E-state index contributed by atoms with van der Waals surface area (Å²) in [6, 6.07) is -0.376. The molecule has 1 heterocycles. The fraction of sp³-hybridized carbons (Fsp3) is 0.833. The average Bonchev–Trinajstić information content (AvgIpc) is 2.37. The van der Waals surface area contributed by atoms with E-state index in [-0.39, 0.29) is 18.4 Å². The van der Waals surface area contributed by atoms with E-state index >= 15 is 0 Å². The lowest BCUT2D eigenvalue weighted by Gasteiger charge is -2.12. The van der Waals surface area contributed by atoms with Crippen LogP contribution in [0.2, 0.25) is 0 Å². The summed E-state index contributed by atoms with van der Waals surface area (Å²) in [7, 11) is 0. The molecule has 2 N–H and O–H groups in total. The van der Waals surface area contributed by atoms with Gasteiger partial charge in [-0.2, -0.15) is 13.2 Å². The van der Waals surface area contributed by atoms with Gasteiger partial charge in [0.2, 0.25) is 0 Å². The van der Waals surface area contributed by atoms with Crippen LogP contribution in [0, 0.1) is 0 Å². The zero-order chi connectivity index (χ0) is 9.19. The Bertz CT molecular complexity index is 179. The lowest BCUT2D eigenvalue weighted by atomic mass is 10.2. The van der Waals surface area contributed by atoms with E-state index in [9.17, 15) is 18.0 Å². The Balaban J connectivity index is 0.00000144. The molecule has 1 atom stereocenters. The van der Waals surface area contributed by atoms with Crippen LogP contribution in [0.3, 0.4) is 0 Å². The molecular weight excluding hydrogens is 209 g/mol. The summed E-state index contributed by atoms with van der Waals surface area (Å²) in [4.78, 5) is 10.4. The van der Waals surface area contributed by atoms with Crippen LogP contribution in [-0.2, 0) is 4.79 Å². The normalized spacial score (nSPS) is 22.2. The quantitative estimate of drug-likeness (QED) is 0.671. The molecule has 1 aliphatic heterocycles. The minimum Gasteiger partial charge on any atom is -0.344 e. The molecule has 0 aromatic heterocycles. The smallest absolute Gasteiger partial charge is 0.344 e. The Kier molecular flexibility index (Phi) is 4.49. The maximum absolute atomic E-state index is 11.7. The van der Waals surface area contributed by atoms with Crippen molar-refractivity contribution in [1.29, 1.82) is 0 Å². The summed E-state index contributed by atoms with van der Waals surface area (Å²) >= 11 is 0. The molecule has 1 amide bonds. The van der Waals surface area contributed by atoms with E-state index in [1.54, 1.807) is 0 Å². The maximum atomic E-state index is 11.7. The highest BCUT2D eigenvalue weighted by Crippen LogP contribution is 2.15. The second-order valence-corrected chi connectivity index (χ2v) is 2.66. The van der Waals surface area contributed by atoms with Crippen molar-refractivity contribution in [2.24, 2.45) is 0 Å². The van der Waals surface area contributed by atoms with Gasteiger partial charge in [0, 0.05) is 12.6 Å². The van der Waals surface area contributed by atoms with Crippen LogP contribution in [0.25, 0.3) is 0 Å². The van der Waals surface area contributed by atoms with Crippen molar-refractivity contribution in [2.45, 2.75) is 18.6 Å². The summed E-state index contributed by atoms with van der Waals surface area (Å²) in [5, 5.41) is 4.74. The standard InChI is InChI=1S/C6H9F3N2O.ClH/c7-6(8,9)5(12)11-4-1-2-10-3-4;/h4,10H,1-3H2,(H,11,12);1H/t4-;/m1./s1. The summed E-state index contributed by atoms with van der Waals surface area (Å²) < 4.78 is 35.0. The van der Waals surface area contributed by atoms with E-state index in [1.165, 1.54) is 0 Å². The minimum absolute atomic E-state index is 0. The molecule has 1 fully saturated rings. The van der Waals surface area contributed by atoms with Gasteiger partial charge in [-0.15, -0.1) is 12.4 Å². The van der Waals surface area contributed by atoms with E-state index in [1.807, 2.05) is 5.32 Å². The molecule has 0 spiro atoms. The highest BCUT2D eigenvalue weighted by molar-refractivity contribution is 5.85. The number of halogens is 4. The first-order chi connectivity index (χ1) is 5.50. The fourth-order valence-electron chi connectivity index (χ4n) is 1.05. The Morgan fingerprint density at radius 2 is 2.08 bits per heavy atom. The highest BCUT2D eigenvalue weighted by Gasteiger charge is 2.39. The molecule has 0 aliphatic carbocycles. The van der Waals surface area contributed by atoms with Gasteiger partial charge in [0.15, 0.2) is 0 Å². The third kappa shape index (κ3) is 3.82. The summed E-state index contributed by atoms with van der Waals surface area (Å²) in [6.07, 6.45) is -4.20. The first-order valence-corrected chi connectivity index (χ1v) is 3.58. The summed E-state index contributed by atoms with van der Waals surface area (Å²) in [5.41, 5.74) is 0. The number of carbonyl (C=O) groups is 1. The van der Waals surface area contributed by atoms with Gasteiger partial charge in [-0.1, -0.05) is 0 Å². The topological polar surface area (TPSA) is 41.1 Å². The molecule has 0 unspecified atom stereocenters. The van der Waals surface area contributed by atoms with Crippen molar-refractivity contribution in [2.75, 3.05) is 13.1 Å². The third-order valence-electron chi connectivity index (χ3n) is 1.65. The van der Waals surface area contributed by atoms with Crippen molar-refractivity contribution in [1.82, 2.24) is 10.6 Å². The molecule has 13 heavy (non-hydrogen) atoms. The molecule has 0 bridgehead atoms. The second kappa shape index (κ2) is 4.66. The molecule has 1 saturated heterocycles. The molecule has 0 saturated carbocycles. The molecular formula is C6H10ClF3N2O. The Hall–Kier alpha value is -0.490. The molecule has 3 nitrogen and oxygen atoms in total. The predicted octanol–water partition coefficient (Wildman–Crippen LogP) is 0.449. The highest BCUT2D eigenvalue weighted by atomic mass is 35.5. The zero-order valence-corrected chi connectivity index (χ0v) is 7.47. The number of rotatable bonds is 1. The van der Waals surface area contributed by atoms with Crippen molar-refractivity contribution in [3.05, 3.63) is 0 Å². The number of hydrogen-bond donors (Lipinski definition) is 2. The van der Waals surface area contributed by atoms with Gasteiger partial charge in [-0.25, -0.2) is 0 Å². The van der Waals surface area contributed by atoms with E-state index in [0.29, 0.717) is 19.5 Å². The zero-order valence-electron chi connectivity index (χ0n) is 6.65. The Labute approximate surface area is 79.5 Å². The summed E-state index contributed by atoms with van der Waals surface area (Å²) in [6.45, 7) is 1.07. The maximum Gasteiger partial charge on any atom is 0.471 e. The minimum atomic E-state index is -4.76. The Morgan fingerprint density at radius 3 is 2.46 bits per heavy atom. The lowest BCUT2D eigenvalue weighted by molar-refractivity contribution is -0.174. The van der Waals surface area contributed by atoms with Crippen molar-refractivity contribution in [3.8, 4) is 0 Å². The van der Waals surface area contributed by atoms with E-state index in [2.05, 4.69) is 5.32 Å². The van der Waals surface area contributed by atoms with Crippen molar-refractivity contribution < 1.29 is 18.0 Å². The third-order valence-corrected chi connectivity index (χ3v) is 1.65. The number of carbonyl (C=O) groups excluding carboxylic acids is 1. The van der Waals surface area contributed by atoms with Gasteiger partial charge in [-0.05, 0) is 13.0 Å². The van der Waals surface area contributed by atoms with Gasteiger partial charge in [0.1, 0.15) is 0 Å². The molecule has 0 radical (unpaired) electrons. The average molecular weight is 219 g/mol. The van der Waals surface area contributed by atoms with Crippen molar-refractivity contribution >= 4 is 18.3 Å². The predicted molar refractivity (Wildman–Crippen MR) is 42.7 cm³/mol. The summed E-state index contributed by atoms with van der Waals surface area (Å²) in [5.74, 6) is -1.85. The van der Waals surface area contributed by atoms with Crippen molar-refractivity contribution in [3.63, 3.8) is 0 Å². The largest absolute Gasteiger partial charge is 0.471 e. The van der Waals surface area contributed by atoms with Crippen LogP contribution < -0.4 is 10.6 Å². The van der Waals surface area contributed by atoms with Gasteiger partial charge in [-0.3, -0.25) is 4.79 Å². The lowest BCUT2D eigenvalue weighted by Crippen LogP contribution is -2.43. The molecule has 7 heteroatoms. The molecule has 0 aromatic carbocycles. The van der Waals surface area contributed by atoms with E-state index < -0.39 is 12.1 Å². The first kappa shape index (κ1) is 12.5. The van der Waals surface area contributed by atoms with E-state index in [0.717, 1.165) is 0 Å². The second-order valence-electron chi connectivity index (χ2n) is 2.66. The van der Waals surface area contributed by atoms with Gasteiger partial charge >= 0.3 is 12.1 Å². The van der Waals surface area contributed by atoms with Crippen LogP contribution in [0.5, 0.6) is 0 Å². The van der Waals surface area contributed by atoms with Gasteiger partial charge < -0.3 is 10.6 Å². The number of alkyl halides is 3. The monoisotopic (exact) mass is 218 g/mol. The SMILES string of the molecule is Cl.O=C(N[C@@H]1CCNC1)C(F)(F)F. The van der Waals surface area contributed by atoms with Crippen LogP contribution in [0.1, 0.15) is 6.42 Å². The molecule has 0 aromatic rings. The first-order valence-electron chi connectivity index (χ1n) is 3.58. The molecule has 78 valence electrons. The van der Waals surface area contributed by atoms with Gasteiger partial charge in [0.25, 0.3) is 0 Å². The molecule has 1 aliphatic rings. The van der Waals surface area contributed by atoms with Crippen LogP contribution >= 0.6 is 12.4 Å². The number of hydrogen-bond acceptors (Lipinski definition) is 2. The van der Waals surface area contributed by atoms with Crippen LogP contribution in [0.4, 0.5) is 13.2 Å².